The number of Topliss-reactive ketones (excluding diaryl/α,β-unsaturated/α-hetero) is 1. The van der Waals surface area contributed by atoms with E-state index < -0.39 is 0 Å². The molecule has 0 amide bonds. The third-order valence-corrected chi connectivity index (χ3v) is 1.99. The topological polar surface area (TPSA) is 42.9 Å². The van der Waals surface area contributed by atoms with Crippen LogP contribution in [-0.2, 0) is 0 Å². The Morgan fingerprint density at radius 3 is 2.57 bits per heavy atom. The van der Waals surface area contributed by atoms with E-state index in [1.807, 2.05) is 33.8 Å². The van der Waals surface area contributed by atoms with Gasteiger partial charge in [0, 0.05) is 12.0 Å². The fraction of sp³-hybridized carbons (Fsp3) is 0.545. The van der Waals surface area contributed by atoms with Crippen molar-refractivity contribution in [2.75, 3.05) is 0 Å². The van der Waals surface area contributed by atoms with Gasteiger partial charge < -0.3 is 0 Å². The molecule has 14 heavy (non-hydrogen) atoms. The molecular formula is C11H16N2O. The van der Waals surface area contributed by atoms with Crippen LogP contribution in [0.2, 0.25) is 0 Å². The molecule has 1 aromatic rings. The Morgan fingerprint density at radius 1 is 1.36 bits per heavy atom. The summed E-state index contributed by atoms with van der Waals surface area (Å²) < 4.78 is 0. The van der Waals surface area contributed by atoms with Crippen LogP contribution >= 0.6 is 0 Å². The van der Waals surface area contributed by atoms with Gasteiger partial charge in [-0.1, -0.05) is 13.8 Å². The quantitative estimate of drug-likeness (QED) is 0.690. The second kappa shape index (κ2) is 4.31. The Balaban J connectivity index is 2.94. The van der Waals surface area contributed by atoms with Crippen LogP contribution < -0.4 is 0 Å². The van der Waals surface area contributed by atoms with E-state index in [9.17, 15) is 4.79 Å². The molecule has 0 spiro atoms. The zero-order valence-electron chi connectivity index (χ0n) is 9.16. The van der Waals surface area contributed by atoms with Gasteiger partial charge in [0.25, 0.3) is 0 Å². The molecule has 0 fully saturated rings. The van der Waals surface area contributed by atoms with Gasteiger partial charge in [0.1, 0.15) is 0 Å². The Hall–Kier alpha value is -1.25. The van der Waals surface area contributed by atoms with E-state index in [2.05, 4.69) is 10.2 Å². The van der Waals surface area contributed by atoms with Crippen LogP contribution in [0.3, 0.4) is 0 Å². The standard InChI is InChI=1S/C11H16N2O/c1-7(2)5-11(14)10-6-8(3)12-13-9(10)4/h6-7H,5H2,1-4H3. The second-order valence-corrected chi connectivity index (χ2v) is 4.01. The summed E-state index contributed by atoms with van der Waals surface area (Å²) >= 11 is 0. The zero-order chi connectivity index (χ0) is 10.7. The maximum atomic E-state index is 11.8. The van der Waals surface area contributed by atoms with Crippen molar-refractivity contribution < 1.29 is 4.79 Å². The van der Waals surface area contributed by atoms with Gasteiger partial charge in [0.2, 0.25) is 0 Å². The molecule has 0 aliphatic carbocycles. The van der Waals surface area contributed by atoms with Crippen molar-refractivity contribution in [1.29, 1.82) is 0 Å². The summed E-state index contributed by atoms with van der Waals surface area (Å²) in [6, 6.07) is 1.81. The molecule has 0 aliphatic heterocycles. The van der Waals surface area contributed by atoms with Gasteiger partial charge in [-0.25, -0.2) is 0 Å². The summed E-state index contributed by atoms with van der Waals surface area (Å²) in [5, 5.41) is 7.83. The molecule has 0 unspecified atom stereocenters. The number of carbonyl (C=O) groups excluding carboxylic acids is 1. The van der Waals surface area contributed by atoms with Gasteiger partial charge in [0.15, 0.2) is 5.78 Å². The van der Waals surface area contributed by atoms with Gasteiger partial charge in [-0.3, -0.25) is 4.79 Å². The first-order valence-corrected chi connectivity index (χ1v) is 4.85. The van der Waals surface area contributed by atoms with E-state index in [1.54, 1.807) is 0 Å². The molecule has 0 atom stereocenters. The molecule has 0 saturated carbocycles. The lowest BCUT2D eigenvalue weighted by molar-refractivity contribution is 0.0966. The number of hydrogen-bond acceptors (Lipinski definition) is 3. The van der Waals surface area contributed by atoms with Crippen molar-refractivity contribution in [1.82, 2.24) is 10.2 Å². The average molecular weight is 192 g/mol. The van der Waals surface area contributed by atoms with Crippen molar-refractivity contribution in [2.45, 2.75) is 34.1 Å². The molecule has 3 nitrogen and oxygen atoms in total. The maximum absolute atomic E-state index is 11.8. The van der Waals surface area contributed by atoms with Crippen molar-refractivity contribution in [3.8, 4) is 0 Å². The highest BCUT2D eigenvalue weighted by molar-refractivity contribution is 5.97. The minimum absolute atomic E-state index is 0.163. The number of ketones is 1. The highest BCUT2D eigenvalue weighted by atomic mass is 16.1. The van der Waals surface area contributed by atoms with Crippen LogP contribution in [0.15, 0.2) is 6.07 Å². The summed E-state index contributed by atoms with van der Waals surface area (Å²) in [6.45, 7) is 7.74. The Morgan fingerprint density at radius 2 is 2.00 bits per heavy atom. The second-order valence-electron chi connectivity index (χ2n) is 4.01. The average Bonchev–Trinajstić information content (AvgIpc) is 2.08. The fourth-order valence-electron chi connectivity index (χ4n) is 1.31. The van der Waals surface area contributed by atoms with E-state index >= 15 is 0 Å². The third kappa shape index (κ3) is 2.62. The van der Waals surface area contributed by atoms with Crippen LogP contribution in [0, 0.1) is 19.8 Å². The largest absolute Gasteiger partial charge is 0.294 e. The lowest BCUT2D eigenvalue weighted by Gasteiger charge is -2.06. The van der Waals surface area contributed by atoms with Crippen molar-refractivity contribution >= 4 is 5.78 Å². The molecule has 1 aromatic heterocycles. The first kappa shape index (κ1) is 10.8. The summed E-state index contributed by atoms with van der Waals surface area (Å²) in [6.07, 6.45) is 0.575. The molecule has 3 heteroatoms. The van der Waals surface area contributed by atoms with Crippen molar-refractivity contribution in [3.63, 3.8) is 0 Å². The predicted molar refractivity (Wildman–Crippen MR) is 55.3 cm³/mol. The van der Waals surface area contributed by atoms with E-state index in [1.165, 1.54) is 0 Å². The number of hydrogen-bond donors (Lipinski definition) is 0. The molecule has 0 radical (unpaired) electrons. The van der Waals surface area contributed by atoms with E-state index in [0.717, 1.165) is 11.4 Å². The Bertz CT molecular complexity index is 345. The van der Waals surface area contributed by atoms with Gasteiger partial charge in [-0.15, -0.1) is 0 Å². The van der Waals surface area contributed by atoms with Crippen LogP contribution in [0.25, 0.3) is 0 Å². The lowest BCUT2D eigenvalue weighted by atomic mass is 10.0. The Labute approximate surface area is 84.6 Å². The number of carbonyl (C=O) groups is 1. The van der Waals surface area contributed by atoms with Gasteiger partial charge in [-0.05, 0) is 25.8 Å². The van der Waals surface area contributed by atoms with E-state index in [-0.39, 0.29) is 5.78 Å². The van der Waals surface area contributed by atoms with Crippen LogP contribution in [0.1, 0.15) is 42.0 Å². The molecular weight excluding hydrogens is 176 g/mol. The van der Waals surface area contributed by atoms with Crippen molar-refractivity contribution in [2.24, 2.45) is 5.92 Å². The monoisotopic (exact) mass is 192 g/mol. The highest BCUT2D eigenvalue weighted by Crippen LogP contribution is 2.12. The fourth-order valence-corrected chi connectivity index (χ4v) is 1.31. The van der Waals surface area contributed by atoms with Gasteiger partial charge in [-0.2, -0.15) is 10.2 Å². The van der Waals surface area contributed by atoms with Gasteiger partial charge >= 0.3 is 0 Å². The molecule has 0 bridgehead atoms. The third-order valence-electron chi connectivity index (χ3n) is 1.99. The van der Waals surface area contributed by atoms with Crippen LogP contribution in [0.4, 0.5) is 0 Å². The molecule has 0 aromatic carbocycles. The van der Waals surface area contributed by atoms with Crippen LogP contribution in [0.5, 0.6) is 0 Å². The molecule has 1 rings (SSSR count). The minimum Gasteiger partial charge on any atom is -0.294 e. The summed E-state index contributed by atoms with van der Waals surface area (Å²) in [4.78, 5) is 11.8. The summed E-state index contributed by atoms with van der Waals surface area (Å²) in [5.41, 5.74) is 2.23. The van der Waals surface area contributed by atoms with Crippen LogP contribution in [-0.4, -0.2) is 16.0 Å². The number of nitrogens with zero attached hydrogens (tertiary/aromatic N) is 2. The molecule has 0 N–H and O–H groups in total. The smallest absolute Gasteiger partial charge is 0.165 e. The highest BCUT2D eigenvalue weighted by Gasteiger charge is 2.12. The Kier molecular flexibility index (Phi) is 3.33. The van der Waals surface area contributed by atoms with E-state index in [4.69, 9.17) is 0 Å². The number of rotatable bonds is 3. The van der Waals surface area contributed by atoms with Crippen molar-refractivity contribution in [3.05, 3.63) is 23.0 Å². The zero-order valence-corrected chi connectivity index (χ0v) is 9.16. The first-order chi connectivity index (χ1) is 6.50. The first-order valence-electron chi connectivity index (χ1n) is 4.85. The summed E-state index contributed by atoms with van der Waals surface area (Å²) in [7, 11) is 0. The summed E-state index contributed by atoms with van der Waals surface area (Å²) in [5.74, 6) is 0.547. The lowest BCUT2D eigenvalue weighted by Crippen LogP contribution is -2.08. The maximum Gasteiger partial charge on any atom is 0.165 e. The number of aryl methyl sites for hydroxylation is 2. The normalized spacial score (nSPS) is 10.6. The SMILES string of the molecule is Cc1cc(C(=O)CC(C)C)c(C)nn1. The number of aromatic nitrogens is 2. The van der Waals surface area contributed by atoms with Gasteiger partial charge in [0.05, 0.1) is 11.4 Å². The molecule has 1 heterocycles. The van der Waals surface area contributed by atoms with E-state index in [0.29, 0.717) is 17.9 Å². The molecule has 0 aliphatic rings. The minimum atomic E-state index is 0.163. The molecule has 76 valence electrons. The predicted octanol–water partition coefficient (Wildman–Crippen LogP) is 2.32. The molecule has 0 saturated heterocycles.